The zero-order valence-corrected chi connectivity index (χ0v) is 24.8. The summed E-state index contributed by atoms with van der Waals surface area (Å²) < 4.78 is 21.6. The molecular formula is C34H39FN6O2. The van der Waals surface area contributed by atoms with Gasteiger partial charge in [0, 0.05) is 42.2 Å². The van der Waals surface area contributed by atoms with Crippen LogP contribution < -0.4 is 20.7 Å². The van der Waals surface area contributed by atoms with Crippen LogP contribution >= 0.6 is 0 Å². The summed E-state index contributed by atoms with van der Waals surface area (Å²) in [4.78, 5) is 26.7. The Morgan fingerprint density at radius 2 is 1.86 bits per heavy atom. The molecule has 6 rings (SSSR count). The average Bonchev–Trinajstić information content (AvgIpc) is 3.01. The number of carbonyl (C=O) groups is 1. The second kappa shape index (κ2) is 13.0. The molecule has 9 heteroatoms. The second-order valence-electron chi connectivity index (χ2n) is 12.0. The van der Waals surface area contributed by atoms with Crippen LogP contribution in [-0.4, -0.2) is 40.0 Å². The van der Waals surface area contributed by atoms with Gasteiger partial charge in [-0.1, -0.05) is 38.3 Å². The summed E-state index contributed by atoms with van der Waals surface area (Å²) in [7, 11) is 0. The van der Waals surface area contributed by atoms with Gasteiger partial charge in [0.15, 0.2) is 0 Å². The maximum atomic E-state index is 15.1. The summed E-state index contributed by atoms with van der Waals surface area (Å²) in [5, 5.41) is 11.1. The summed E-state index contributed by atoms with van der Waals surface area (Å²) in [5.41, 5.74) is 2.43. The quantitative estimate of drug-likeness (QED) is 0.201. The number of piperidine rings is 1. The highest BCUT2D eigenvalue weighted by atomic mass is 19.1. The molecule has 1 amide bonds. The normalized spacial score (nSPS) is 19.2. The van der Waals surface area contributed by atoms with Crippen molar-refractivity contribution >= 4 is 28.3 Å². The molecule has 2 aliphatic rings. The molecule has 0 bridgehead atoms. The monoisotopic (exact) mass is 582 g/mol. The van der Waals surface area contributed by atoms with E-state index in [1.54, 1.807) is 18.5 Å². The number of fused-ring (bicyclic) bond motifs is 1. The van der Waals surface area contributed by atoms with Gasteiger partial charge in [-0.25, -0.2) is 19.3 Å². The number of aryl methyl sites for hydroxylation is 1. The number of hydrogen-bond acceptors (Lipinski definition) is 7. The highest BCUT2D eigenvalue weighted by molar-refractivity contribution is 6.04. The van der Waals surface area contributed by atoms with Gasteiger partial charge < -0.3 is 20.7 Å². The summed E-state index contributed by atoms with van der Waals surface area (Å²) in [5.74, 6) is 1.80. The maximum Gasteiger partial charge on any atom is 0.228 e. The Balaban J connectivity index is 1.28. The summed E-state index contributed by atoms with van der Waals surface area (Å²) in [6.45, 7) is 6.05. The number of halogens is 1. The van der Waals surface area contributed by atoms with Crippen molar-refractivity contribution in [3.05, 3.63) is 66.2 Å². The molecule has 2 atom stereocenters. The van der Waals surface area contributed by atoms with E-state index < -0.39 is 5.82 Å². The summed E-state index contributed by atoms with van der Waals surface area (Å²) in [6.07, 6.45) is 10.5. The van der Waals surface area contributed by atoms with Crippen molar-refractivity contribution in [2.24, 2.45) is 11.8 Å². The third-order valence-corrected chi connectivity index (χ3v) is 8.57. The SMILES string of the molecule is Cc1ccc2c(NC(=O)CC3CCCCC3)c(F)ccc2c1Oc1ncccc1-c1ccnc(N[C@@H]2CNC[C@H](C)C2)n1. The van der Waals surface area contributed by atoms with Crippen molar-refractivity contribution in [2.75, 3.05) is 23.7 Å². The molecule has 8 nitrogen and oxygen atoms in total. The second-order valence-corrected chi connectivity index (χ2v) is 12.0. The average molecular weight is 583 g/mol. The predicted octanol–water partition coefficient (Wildman–Crippen LogP) is 7.25. The molecule has 2 aromatic heterocycles. The Morgan fingerprint density at radius 1 is 1.02 bits per heavy atom. The highest BCUT2D eigenvalue weighted by Gasteiger charge is 2.22. The van der Waals surface area contributed by atoms with E-state index in [1.165, 1.54) is 12.5 Å². The van der Waals surface area contributed by atoms with Gasteiger partial charge in [-0.15, -0.1) is 0 Å². The lowest BCUT2D eigenvalue weighted by Crippen LogP contribution is -2.42. The molecular weight excluding hydrogens is 543 g/mol. The molecule has 0 radical (unpaired) electrons. The van der Waals surface area contributed by atoms with Gasteiger partial charge in [0.1, 0.15) is 11.6 Å². The Bertz CT molecular complexity index is 1610. The summed E-state index contributed by atoms with van der Waals surface area (Å²) in [6, 6.07) is 12.6. The molecule has 1 aliphatic heterocycles. The van der Waals surface area contributed by atoms with Crippen molar-refractivity contribution < 1.29 is 13.9 Å². The predicted molar refractivity (Wildman–Crippen MR) is 168 cm³/mol. The fraction of sp³-hybridized carbons (Fsp3) is 0.412. The number of rotatable bonds is 8. The minimum atomic E-state index is -0.471. The minimum absolute atomic E-state index is 0.153. The van der Waals surface area contributed by atoms with Gasteiger partial charge in [0.25, 0.3) is 0 Å². The number of aromatic nitrogens is 3. The van der Waals surface area contributed by atoms with Gasteiger partial charge in [-0.3, -0.25) is 4.79 Å². The van der Waals surface area contributed by atoms with Crippen LogP contribution in [0.3, 0.4) is 0 Å². The van der Waals surface area contributed by atoms with E-state index in [9.17, 15) is 4.79 Å². The molecule has 224 valence electrons. The zero-order valence-electron chi connectivity index (χ0n) is 24.8. The first-order valence-corrected chi connectivity index (χ1v) is 15.4. The van der Waals surface area contributed by atoms with Crippen LogP contribution in [0.5, 0.6) is 11.6 Å². The Hall–Kier alpha value is -4.11. The van der Waals surface area contributed by atoms with Crippen molar-refractivity contribution in [3.63, 3.8) is 0 Å². The minimum Gasteiger partial charge on any atom is -0.437 e. The van der Waals surface area contributed by atoms with Crippen LogP contribution in [0.1, 0.15) is 57.4 Å². The van der Waals surface area contributed by atoms with Gasteiger partial charge >= 0.3 is 0 Å². The summed E-state index contributed by atoms with van der Waals surface area (Å²) >= 11 is 0. The molecule has 1 saturated heterocycles. The number of pyridine rings is 1. The number of ether oxygens (including phenoxy) is 1. The first-order chi connectivity index (χ1) is 20.9. The molecule has 1 saturated carbocycles. The zero-order chi connectivity index (χ0) is 29.8. The van der Waals surface area contributed by atoms with E-state index in [2.05, 4.69) is 32.8 Å². The molecule has 2 fully saturated rings. The van der Waals surface area contributed by atoms with Crippen LogP contribution in [0, 0.1) is 24.6 Å². The van der Waals surface area contributed by atoms with Crippen LogP contribution in [-0.2, 0) is 4.79 Å². The van der Waals surface area contributed by atoms with Gasteiger partial charge in [-0.05, 0) is 80.5 Å². The fourth-order valence-electron chi connectivity index (χ4n) is 6.36. The topological polar surface area (TPSA) is 101 Å². The standard InChI is InChI=1S/C34H39FN6O2/c1-21-17-24(20-36-19-21)39-34-38-16-14-29(40-34)27-9-6-15-37-33(27)43-32-22(2)10-11-25-26(32)12-13-28(35)31(25)41-30(42)18-23-7-4-3-5-8-23/h6,9-16,21,23-24,36H,3-5,7-8,17-20H2,1-2H3,(H,41,42)(H,38,39,40)/t21-,24+/m1/s1. The van der Waals surface area contributed by atoms with Gasteiger partial charge in [-0.2, -0.15) is 0 Å². The molecule has 3 heterocycles. The van der Waals surface area contributed by atoms with E-state index in [0.717, 1.165) is 50.8 Å². The van der Waals surface area contributed by atoms with E-state index in [1.807, 2.05) is 37.3 Å². The third-order valence-electron chi connectivity index (χ3n) is 8.57. The van der Waals surface area contributed by atoms with Crippen molar-refractivity contribution in [1.29, 1.82) is 0 Å². The third kappa shape index (κ3) is 6.77. The fourth-order valence-corrected chi connectivity index (χ4v) is 6.36. The van der Waals surface area contributed by atoms with Crippen LogP contribution in [0.4, 0.5) is 16.0 Å². The van der Waals surface area contributed by atoms with E-state index >= 15 is 4.39 Å². The Labute approximate surface area is 251 Å². The smallest absolute Gasteiger partial charge is 0.228 e. The Kier molecular flexibility index (Phi) is 8.79. The van der Waals surface area contributed by atoms with Crippen molar-refractivity contribution in [1.82, 2.24) is 20.3 Å². The largest absolute Gasteiger partial charge is 0.437 e. The molecule has 2 aromatic carbocycles. The number of amides is 1. The van der Waals surface area contributed by atoms with E-state index in [0.29, 0.717) is 57.9 Å². The molecule has 3 N–H and O–H groups in total. The Morgan fingerprint density at radius 3 is 2.70 bits per heavy atom. The molecule has 0 unspecified atom stereocenters. The lowest BCUT2D eigenvalue weighted by molar-refractivity contribution is -0.117. The first-order valence-electron chi connectivity index (χ1n) is 15.4. The number of nitrogens with zero attached hydrogens (tertiary/aromatic N) is 3. The lowest BCUT2D eigenvalue weighted by Gasteiger charge is -2.28. The number of carbonyl (C=O) groups excluding carboxylic acids is 1. The molecule has 43 heavy (non-hydrogen) atoms. The van der Waals surface area contributed by atoms with Crippen molar-refractivity contribution in [2.45, 2.75) is 64.8 Å². The number of anilines is 2. The molecule has 4 aromatic rings. The van der Waals surface area contributed by atoms with Crippen molar-refractivity contribution in [3.8, 4) is 22.9 Å². The van der Waals surface area contributed by atoms with Crippen LogP contribution in [0.2, 0.25) is 0 Å². The lowest BCUT2D eigenvalue weighted by atomic mass is 9.87. The van der Waals surface area contributed by atoms with Crippen LogP contribution in [0.25, 0.3) is 22.0 Å². The maximum absolute atomic E-state index is 15.1. The molecule has 0 spiro atoms. The highest BCUT2D eigenvalue weighted by Crippen LogP contribution is 2.39. The van der Waals surface area contributed by atoms with E-state index in [4.69, 9.17) is 9.72 Å². The van der Waals surface area contributed by atoms with E-state index in [-0.39, 0.29) is 17.6 Å². The molecule has 1 aliphatic carbocycles. The van der Waals surface area contributed by atoms with Crippen LogP contribution in [0.15, 0.2) is 54.9 Å². The first kappa shape index (κ1) is 29.0. The van der Waals surface area contributed by atoms with Gasteiger partial charge in [0.2, 0.25) is 17.7 Å². The number of hydrogen-bond donors (Lipinski definition) is 3. The number of benzene rings is 2. The number of nitrogens with one attached hydrogen (secondary N) is 3. The van der Waals surface area contributed by atoms with Gasteiger partial charge in [0.05, 0.1) is 16.9 Å².